The van der Waals surface area contributed by atoms with Crippen LogP contribution in [-0.4, -0.2) is 37.2 Å². The molecule has 0 bridgehead atoms. The maximum Gasteiger partial charge on any atom is 0.306 e. The van der Waals surface area contributed by atoms with E-state index in [9.17, 15) is 14.4 Å². The quantitative estimate of drug-likeness (QED) is 0.0261. The molecule has 0 aromatic carbocycles. The highest BCUT2D eigenvalue weighted by Gasteiger charge is 2.19. The molecule has 0 radical (unpaired) electrons. The van der Waals surface area contributed by atoms with E-state index in [1.54, 1.807) is 0 Å². The summed E-state index contributed by atoms with van der Waals surface area (Å²) in [4.78, 5) is 38.0. The third-order valence-corrected chi connectivity index (χ3v) is 11.9. The SMILES string of the molecule is CC/C=C\C/C=C\C/C=C\C/C=C\C/C=C\C/C=C\C/C=C\C/C=C\C/C=C\C/C=C\CCCCCCC(=O)OCC(COC(=O)CCCCCCC/C=C\CCCC)OC(=O)CC/C=C\C/C=C\C/C=C\C/C=C\CC. The Kier molecular flexibility index (Phi) is 58.6. The molecule has 0 aliphatic carbocycles. The number of hydrogen-bond donors (Lipinski definition) is 0. The maximum atomic E-state index is 12.8. The summed E-state index contributed by atoms with van der Waals surface area (Å²) < 4.78 is 16.7. The number of rotatable bonds is 52. The lowest BCUT2D eigenvalue weighted by molar-refractivity contribution is -0.166. The van der Waals surface area contributed by atoms with E-state index in [1.807, 2.05) is 12.2 Å². The van der Waals surface area contributed by atoms with E-state index < -0.39 is 12.1 Å². The van der Waals surface area contributed by atoms with Crippen molar-refractivity contribution in [2.24, 2.45) is 0 Å². The average Bonchev–Trinajstić information content (AvgIpc) is 3.43. The number of unbranched alkanes of at least 4 members (excludes halogenated alkanes) is 11. The smallest absolute Gasteiger partial charge is 0.306 e. The minimum absolute atomic E-state index is 0.127. The van der Waals surface area contributed by atoms with Crippen LogP contribution in [0, 0.1) is 0 Å². The number of esters is 3. The number of carbonyl (C=O) groups excluding carboxylic acids is 3. The third-order valence-electron chi connectivity index (χ3n) is 11.9. The molecule has 1 unspecified atom stereocenters. The van der Waals surface area contributed by atoms with E-state index >= 15 is 0 Å². The van der Waals surface area contributed by atoms with Crippen molar-refractivity contribution in [1.82, 2.24) is 0 Å². The lowest BCUT2D eigenvalue weighted by Crippen LogP contribution is -2.30. The molecule has 0 saturated heterocycles. The highest BCUT2D eigenvalue weighted by Crippen LogP contribution is 2.12. The van der Waals surface area contributed by atoms with Crippen LogP contribution in [0.15, 0.2) is 182 Å². The maximum absolute atomic E-state index is 12.8. The van der Waals surface area contributed by atoms with Gasteiger partial charge in [0.2, 0.25) is 0 Å². The normalized spacial score (nSPS) is 13.4. The molecule has 0 spiro atoms. The predicted octanol–water partition coefficient (Wildman–Crippen LogP) is 20.9. The first-order chi connectivity index (χ1) is 38.0. The monoisotopic (exact) mass is 1060 g/mol. The molecule has 77 heavy (non-hydrogen) atoms. The largest absolute Gasteiger partial charge is 0.462 e. The fourth-order valence-electron chi connectivity index (χ4n) is 7.40. The highest BCUT2D eigenvalue weighted by molar-refractivity contribution is 5.71. The van der Waals surface area contributed by atoms with Crippen LogP contribution in [0.3, 0.4) is 0 Å². The van der Waals surface area contributed by atoms with Crippen LogP contribution in [0.2, 0.25) is 0 Å². The van der Waals surface area contributed by atoms with Crippen LogP contribution in [0.4, 0.5) is 0 Å². The number of allylic oxidation sites excluding steroid dienone is 30. The van der Waals surface area contributed by atoms with Crippen molar-refractivity contribution in [2.45, 2.75) is 232 Å². The molecule has 6 heteroatoms. The van der Waals surface area contributed by atoms with Gasteiger partial charge < -0.3 is 14.2 Å². The summed E-state index contributed by atoms with van der Waals surface area (Å²) in [6.07, 6.45) is 94.9. The van der Waals surface area contributed by atoms with Gasteiger partial charge in [0, 0.05) is 19.3 Å². The molecule has 0 rings (SSSR count). The molecule has 428 valence electrons. The molecule has 0 saturated carbocycles. The molecule has 0 fully saturated rings. The van der Waals surface area contributed by atoms with Gasteiger partial charge in [-0.1, -0.05) is 248 Å². The summed E-state index contributed by atoms with van der Waals surface area (Å²) in [7, 11) is 0. The van der Waals surface area contributed by atoms with Gasteiger partial charge in [-0.05, 0) is 141 Å². The van der Waals surface area contributed by atoms with Gasteiger partial charge in [0.1, 0.15) is 13.2 Å². The second-order valence-electron chi connectivity index (χ2n) is 19.1. The second-order valence-corrected chi connectivity index (χ2v) is 19.1. The van der Waals surface area contributed by atoms with Crippen LogP contribution in [0.5, 0.6) is 0 Å². The zero-order valence-electron chi connectivity index (χ0n) is 48.9. The Labute approximate surface area is 472 Å². The van der Waals surface area contributed by atoms with Crippen LogP contribution in [0.25, 0.3) is 0 Å². The lowest BCUT2D eigenvalue weighted by atomic mass is 10.1. The molecular weight excluding hydrogens is 949 g/mol. The molecule has 0 aromatic heterocycles. The molecule has 0 aromatic rings. The van der Waals surface area contributed by atoms with Gasteiger partial charge in [0.15, 0.2) is 6.10 Å². The van der Waals surface area contributed by atoms with E-state index in [2.05, 4.69) is 191 Å². The van der Waals surface area contributed by atoms with Crippen LogP contribution in [0.1, 0.15) is 226 Å². The Morgan fingerprint density at radius 2 is 0.532 bits per heavy atom. The summed E-state index contributed by atoms with van der Waals surface area (Å²) in [6.45, 7) is 6.25. The summed E-state index contributed by atoms with van der Waals surface area (Å²) in [5.41, 5.74) is 0. The van der Waals surface area contributed by atoms with Crippen molar-refractivity contribution in [3.8, 4) is 0 Å². The minimum Gasteiger partial charge on any atom is -0.462 e. The van der Waals surface area contributed by atoms with Gasteiger partial charge in [-0.2, -0.15) is 0 Å². The van der Waals surface area contributed by atoms with Crippen molar-refractivity contribution in [1.29, 1.82) is 0 Å². The van der Waals surface area contributed by atoms with E-state index in [4.69, 9.17) is 14.2 Å². The summed E-state index contributed by atoms with van der Waals surface area (Å²) in [5.74, 6) is -1.06. The first kappa shape index (κ1) is 71.5. The van der Waals surface area contributed by atoms with Gasteiger partial charge in [-0.15, -0.1) is 0 Å². The Hall–Kier alpha value is -5.49. The number of carbonyl (C=O) groups is 3. The Bertz CT molecular complexity index is 1840. The van der Waals surface area contributed by atoms with Gasteiger partial charge in [-0.3, -0.25) is 14.4 Å². The summed E-state index contributed by atoms with van der Waals surface area (Å²) >= 11 is 0. The Balaban J connectivity index is 4.33. The van der Waals surface area contributed by atoms with E-state index in [0.717, 1.165) is 154 Å². The van der Waals surface area contributed by atoms with Crippen molar-refractivity contribution >= 4 is 17.9 Å². The van der Waals surface area contributed by atoms with Crippen molar-refractivity contribution < 1.29 is 28.6 Å². The van der Waals surface area contributed by atoms with E-state index in [0.29, 0.717) is 19.3 Å². The van der Waals surface area contributed by atoms with Crippen molar-refractivity contribution in [2.75, 3.05) is 13.2 Å². The standard InChI is InChI=1S/C71H108O6/c1-4-7-10-13-16-19-22-24-25-26-27-28-29-30-31-32-33-34-35-36-37-38-39-40-41-42-43-44-45-47-49-52-55-58-61-64-70(73)76-67-68(66-75-69(72)63-60-57-54-51-48-21-18-15-12-9-6-3)77-71(74)65-62-59-56-53-50-46-23-20-17-14-11-8-5-2/h7-8,10-11,15-20,24-25,27-28,30-31,33-34,36-37,39-40,42-43,45-47,50,56,59,68H,4-6,9,12-14,21-23,26,29,32,35,38,41,44,48-49,51-55,57-58,60-67H2,1-3H3/b10-7-,11-8-,18-15-,19-16-,20-17-,25-24-,28-27-,31-30-,34-33-,37-36-,40-39-,43-42-,47-45-,50-46-,59-56-. The Morgan fingerprint density at radius 1 is 0.273 bits per heavy atom. The number of ether oxygens (including phenoxy) is 3. The third kappa shape index (κ3) is 61.2. The number of hydrogen-bond acceptors (Lipinski definition) is 6. The van der Waals surface area contributed by atoms with Gasteiger partial charge in [-0.25, -0.2) is 0 Å². The lowest BCUT2D eigenvalue weighted by Gasteiger charge is -2.18. The fourth-order valence-corrected chi connectivity index (χ4v) is 7.40. The highest BCUT2D eigenvalue weighted by atomic mass is 16.6. The first-order valence-corrected chi connectivity index (χ1v) is 30.3. The zero-order valence-corrected chi connectivity index (χ0v) is 48.9. The Morgan fingerprint density at radius 3 is 0.857 bits per heavy atom. The second kappa shape index (κ2) is 63.0. The van der Waals surface area contributed by atoms with E-state index in [-0.39, 0.29) is 31.6 Å². The van der Waals surface area contributed by atoms with Crippen LogP contribution in [-0.2, 0) is 28.6 Å². The van der Waals surface area contributed by atoms with Crippen LogP contribution >= 0.6 is 0 Å². The van der Waals surface area contributed by atoms with Gasteiger partial charge in [0.25, 0.3) is 0 Å². The average molecular weight is 1060 g/mol. The molecule has 1 atom stereocenters. The van der Waals surface area contributed by atoms with Gasteiger partial charge >= 0.3 is 17.9 Å². The zero-order chi connectivity index (χ0) is 55.7. The molecular formula is C71H108O6. The molecule has 0 aliphatic heterocycles. The van der Waals surface area contributed by atoms with Crippen LogP contribution < -0.4 is 0 Å². The van der Waals surface area contributed by atoms with Gasteiger partial charge in [0.05, 0.1) is 0 Å². The van der Waals surface area contributed by atoms with Crippen molar-refractivity contribution in [3.05, 3.63) is 182 Å². The molecule has 6 nitrogen and oxygen atoms in total. The fraction of sp³-hybridized carbons (Fsp3) is 0.535. The predicted molar refractivity (Wildman–Crippen MR) is 334 cm³/mol. The minimum atomic E-state index is -0.839. The summed E-state index contributed by atoms with van der Waals surface area (Å²) in [5, 5.41) is 0. The summed E-state index contributed by atoms with van der Waals surface area (Å²) in [6, 6.07) is 0. The van der Waals surface area contributed by atoms with E-state index in [1.165, 1.54) is 25.7 Å². The molecule has 0 amide bonds. The topological polar surface area (TPSA) is 78.9 Å². The van der Waals surface area contributed by atoms with Crippen molar-refractivity contribution in [3.63, 3.8) is 0 Å². The molecule has 0 aliphatic rings. The molecule has 0 heterocycles. The first-order valence-electron chi connectivity index (χ1n) is 30.3. The molecule has 0 N–H and O–H groups in total.